The first kappa shape index (κ1) is 15.3. The molecule has 0 aromatic carbocycles. The summed E-state index contributed by atoms with van der Waals surface area (Å²) in [6.07, 6.45) is 7.81. The minimum atomic E-state index is 0.489. The molecule has 0 amide bonds. The normalized spacial score (nSPS) is 12.8. The number of hydrogen-bond acceptors (Lipinski definition) is 2. The predicted molar refractivity (Wildman–Crippen MR) is 76.9 cm³/mol. The van der Waals surface area contributed by atoms with Crippen LogP contribution in [0.3, 0.4) is 0 Å². The summed E-state index contributed by atoms with van der Waals surface area (Å²) in [5.41, 5.74) is 1.39. The molecule has 1 unspecified atom stereocenters. The zero-order chi connectivity index (χ0) is 13.2. The van der Waals surface area contributed by atoms with E-state index in [1.807, 2.05) is 0 Å². The molecule has 0 spiro atoms. The third-order valence-electron chi connectivity index (χ3n) is 3.07. The van der Waals surface area contributed by atoms with Crippen molar-refractivity contribution in [3.05, 3.63) is 24.0 Å². The van der Waals surface area contributed by atoms with Crippen LogP contribution in [0, 0.1) is 0 Å². The molecular weight excluding hydrogens is 224 g/mol. The van der Waals surface area contributed by atoms with Crippen molar-refractivity contribution in [1.82, 2.24) is 9.88 Å². The number of hydrogen-bond donors (Lipinski definition) is 1. The smallest absolute Gasteiger partial charge is 0.0645 e. The van der Waals surface area contributed by atoms with Crippen LogP contribution in [-0.2, 0) is 11.3 Å². The van der Waals surface area contributed by atoms with E-state index in [1.54, 1.807) is 0 Å². The first-order valence-corrected chi connectivity index (χ1v) is 7.28. The monoisotopic (exact) mass is 252 g/mol. The van der Waals surface area contributed by atoms with Gasteiger partial charge in [-0.15, -0.1) is 0 Å². The van der Waals surface area contributed by atoms with Crippen LogP contribution in [0.15, 0.2) is 18.5 Å². The van der Waals surface area contributed by atoms with Crippen LogP contribution in [-0.4, -0.2) is 24.3 Å². The molecule has 0 fully saturated rings. The summed E-state index contributed by atoms with van der Waals surface area (Å²) in [6.45, 7) is 10.3. The Kier molecular flexibility index (Phi) is 7.78. The van der Waals surface area contributed by atoms with E-state index in [-0.39, 0.29) is 0 Å². The van der Waals surface area contributed by atoms with Gasteiger partial charge in [0.05, 0.1) is 6.61 Å². The Balaban J connectivity index is 2.40. The lowest BCUT2D eigenvalue weighted by Crippen LogP contribution is -2.21. The van der Waals surface area contributed by atoms with Crippen LogP contribution in [0.5, 0.6) is 0 Å². The maximum absolute atomic E-state index is 5.51. The highest BCUT2D eigenvalue weighted by atomic mass is 16.5. The highest BCUT2D eigenvalue weighted by molar-refractivity contribution is 5.15. The second kappa shape index (κ2) is 9.17. The van der Waals surface area contributed by atoms with Gasteiger partial charge in [0.25, 0.3) is 0 Å². The minimum absolute atomic E-state index is 0.489. The van der Waals surface area contributed by atoms with Crippen molar-refractivity contribution >= 4 is 0 Å². The van der Waals surface area contributed by atoms with E-state index >= 15 is 0 Å². The molecular formula is C15H28N2O. The van der Waals surface area contributed by atoms with Crippen molar-refractivity contribution in [3.8, 4) is 0 Å². The average Bonchev–Trinajstić information content (AvgIpc) is 2.84. The summed E-state index contributed by atoms with van der Waals surface area (Å²) in [5, 5.41) is 3.58. The van der Waals surface area contributed by atoms with Gasteiger partial charge in [-0.1, -0.05) is 20.8 Å². The van der Waals surface area contributed by atoms with Crippen LogP contribution in [0.1, 0.15) is 51.6 Å². The quantitative estimate of drug-likeness (QED) is 0.646. The predicted octanol–water partition coefficient (Wildman–Crippen LogP) is 3.37. The molecule has 18 heavy (non-hydrogen) atoms. The Hall–Kier alpha value is -0.800. The Morgan fingerprint density at radius 2 is 2.06 bits per heavy atom. The summed E-state index contributed by atoms with van der Waals surface area (Å²) < 4.78 is 7.73. The fraction of sp³-hybridized carbons (Fsp3) is 0.733. The van der Waals surface area contributed by atoms with Gasteiger partial charge in [0, 0.05) is 31.6 Å². The van der Waals surface area contributed by atoms with Crippen molar-refractivity contribution in [3.63, 3.8) is 0 Å². The number of nitrogens with zero attached hydrogens (tertiary/aromatic N) is 1. The maximum atomic E-state index is 5.51. The molecule has 1 heterocycles. The van der Waals surface area contributed by atoms with E-state index in [4.69, 9.17) is 4.74 Å². The van der Waals surface area contributed by atoms with E-state index in [0.29, 0.717) is 6.04 Å². The van der Waals surface area contributed by atoms with E-state index in [0.717, 1.165) is 39.1 Å². The van der Waals surface area contributed by atoms with Crippen molar-refractivity contribution in [1.29, 1.82) is 0 Å². The third-order valence-corrected chi connectivity index (χ3v) is 3.07. The zero-order valence-corrected chi connectivity index (χ0v) is 12.1. The maximum Gasteiger partial charge on any atom is 0.0645 e. The molecule has 1 aromatic rings. The molecule has 1 atom stereocenters. The molecule has 1 N–H and O–H groups in total. The Labute approximate surface area is 112 Å². The fourth-order valence-corrected chi connectivity index (χ4v) is 2.04. The molecule has 1 aromatic heterocycles. The molecule has 104 valence electrons. The number of aromatic nitrogens is 1. The molecule has 3 nitrogen and oxygen atoms in total. The molecule has 0 radical (unpaired) electrons. The largest absolute Gasteiger partial charge is 0.380 e. The summed E-state index contributed by atoms with van der Waals surface area (Å²) in [5.74, 6) is 0. The summed E-state index contributed by atoms with van der Waals surface area (Å²) in [6, 6.07) is 2.71. The minimum Gasteiger partial charge on any atom is -0.380 e. The van der Waals surface area contributed by atoms with E-state index < -0.39 is 0 Å². The van der Waals surface area contributed by atoms with Crippen molar-refractivity contribution in [2.75, 3.05) is 19.8 Å². The molecule has 0 aliphatic rings. The van der Waals surface area contributed by atoms with Crippen LogP contribution < -0.4 is 5.32 Å². The third kappa shape index (κ3) is 5.23. The summed E-state index contributed by atoms with van der Waals surface area (Å²) >= 11 is 0. The van der Waals surface area contributed by atoms with E-state index in [2.05, 4.69) is 49.1 Å². The fourth-order valence-electron chi connectivity index (χ4n) is 2.04. The lowest BCUT2D eigenvalue weighted by atomic mass is 10.1. The SMILES string of the molecule is CCCNC(CC)c1ccn(CCOCCC)c1. The van der Waals surface area contributed by atoms with Crippen LogP contribution >= 0.6 is 0 Å². The highest BCUT2D eigenvalue weighted by Crippen LogP contribution is 2.16. The Morgan fingerprint density at radius 3 is 2.72 bits per heavy atom. The molecule has 0 bridgehead atoms. The van der Waals surface area contributed by atoms with Crippen molar-refractivity contribution < 1.29 is 4.74 Å². The lowest BCUT2D eigenvalue weighted by molar-refractivity contribution is 0.127. The lowest BCUT2D eigenvalue weighted by Gasteiger charge is -2.15. The Morgan fingerprint density at radius 1 is 1.22 bits per heavy atom. The van der Waals surface area contributed by atoms with E-state index in [9.17, 15) is 0 Å². The van der Waals surface area contributed by atoms with Gasteiger partial charge in [0.2, 0.25) is 0 Å². The standard InChI is InChI=1S/C15H28N2O/c1-4-8-16-15(6-3)14-7-9-17(13-14)10-12-18-11-5-2/h7,9,13,15-16H,4-6,8,10-12H2,1-3H3. The van der Waals surface area contributed by atoms with Gasteiger partial charge in [-0.2, -0.15) is 0 Å². The van der Waals surface area contributed by atoms with Gasteiger partial charge in [-0.25, -0.2) is 0 Å². The number of rotatable bonds is 10. The highest BCUT2D eigenvalue weighted by Gasteiger charge is 2.09. The second-order valence-corrected chi connectivity index (χ2v) is 4.71. The first-order valence-electron chi connectivity index (χ1n) is 7.28. The molecule has 0 aliphatic heterocycles. The average molecular weight is 252 g/mol. The topological polar surface area (TPSA) is 26.2 Å². The zero-order valence-electron chi connectivity index (χ0n) is 12.1. The second-order valence-electron chi connectivity index (χ2n) is 4.71. The van der Waals surface area contributed by atoms with E-state index in [1.165, 1.54) is 12.0 Å². The van der Waals surface area contributed by atoms with Gasteiger partial charge >= 0.3 is 0 Å². The van der Waals surface area contributed by atoms with Gasteiger partial charge in [-0.3, -0.25) is 0 Å². The van der Waals surface area contributed by atoms with Crippen LogP contribution in [0.2, 0.25) is 0 Å². The Bertz CT molecular complexity index is 309. The first-order chi connectivity index (χ1) is 8.81. The molecule has 0 saturated carbocycles. The van der Waals surface area contributed by atoms with Gasteiger partial charge < -0.3 is 14.6 Å². The van der Waals surface area contributed by atoms with Gasteiger partial charge in [0.15, 0.2) is 0 Å². The summed E-state index contributed by atoms with van der Waals surface area (Å²) in [4.78, 5) is 0. The van der Waals surface area contributed by atoms with Crippen molar-refractivity contribution in [2.24, 2.45) is 0 Å². The molecule has 0 saturated heterocycles. The van der Waals surface area contributed by atoms with Gasteiger partial charge in [-0.05, 0) is 37.4 Å². The van der Waals surface area contributed by atoms with Crippen molar-refractivity contribution in [2.45, 2.75) is 52.6 Å². The van der Waals surface area contributed by atoms with Gasteiger partial charge in [0.1, 0.15) is 0 Å². The number of ether oxygens (including phenoxy) is 1. The molecule has 1 rings (SSSR count). The van der Waals surface area contributed by atoms with Crippen LogP contribution in [0.25, 0.3) is 0 Å². The number of nitrogens with one attached hydrogen (secondary N) is 1. The van der Waals surface area contributed by atoms with Crippen LogP contribution in [0.4, 0.5) is 0 Å². The summed E-state index contributed by atoms with van der Waals surface area (Å²) in [7, 11) is 0. The molecule has 3 heteroatoms. The molecule has 0 aliphatic carbocycles.